The maximum absolute atomic E-state index is 12.0. The zero-order valence-corrected chi connectivity index (χ0v) is 20.4. The molecule has 0 radical (unpaired) electrons. The van der Waals surface area contributed by atoms with Crippen LogP contribution in [0.2, 0.25) is 0 Å². The van der Waals surface area contributed by atoms with E-state index in [0.717, 1.165) is 17.9 Å². The quantitative estimate of drug-likeness (QED) is 0.121. The summed E-state index contributed by atoms with van der Waals surface area (Å²) in [5.74, 6) is 2.01. The van der Waals surface area contributed by atoms with Crippen molar-refractivity contribution in [1.82, 2.24) is 0 Å². The lowest BCUT2D eigenvalue weighted by molar-refractivity contribution is 0.562. The van der Waals surface area contributed by atoms with Gasteiger partial charge >= 0.3 is 0 Å². The van der Waals surface area contributed by atoms with Gasteiger partial charge in [0, 0.05) is 11.5 Å². The van der Waals surface area contributed by atoms with Crippen LogP contribution in [-0.4, -0.2) is 15.7 Å². The molecule has 1 unspecified atom stereocenters. The van der Waals surface area contributed by atoms with Gasteiger partial charge in [0.1, 0.15) is 0 Å². The summed E-state index contributed by atoms with van der Waals surface area (Å²) >= 11 is 0. The Kier molecular flexibility index (Phi) is 25.0. The first-order valence-corrected chi connectivity index (χ1v) is 15.1. The molecule has 0 saturated heterocycles. The minimum atomic E-state index is -0.630. The fourth-order valence-corrected chi connectivity index (χ4v) is 6.19. The van der Waals surface area contributed by atoms with Gasteiger partial charge in [0.2, 0.25) is 0 Å². The third-order valence-electron chi connectivity index (χ3n) is 5.38. The average molecular weight is 419 g/mol. The van der Waals surface area contributed by atoms with Crippen LogP contribution in [0.1, 0.15) is 142 Å². The molecule has 164 valence electrons. The Bertz CT molecular complexity index is 294. The van der Waals surface area contributed by atoms with Crippen molar-refractivity contribution in [3.63, 3.8) is 0 Å². The summed E-state index contributed by atoms with van der Waals surface area (Å²) in [6.45, 7) is 4.56. The minimum absolute atomic E-state index is 0.630. The molecule has 0 fully saturated rings. The van der Waals surface area contributed by atoms with Crippen LogP contribution in [-0.2, 0) is 9.83 Å². The van der Waals surface area contributed by atoms with Crippen molar-refractivity contribution in [3.05, 3.63) is 0 Å². The highest BCUT2D eigenvalue weighted by molar-refractivity contribution is 8.69. The molecular weight excluding hydrogens is 368 g/mol. The van der Waals surface area contributed by atoms with Gasteiger partial charge in [-0.25, -0.2) is 4.21 Å². The van der Waals surface area contributed by atoms with Gasteiger partial charge in [0.15, 0.2) is 0 Å². The van der Waals surface area contributed by atoms with Crippen LogP contribution < -0.4 is 0 Å². The fraction of sp³-hybridized carbons (Fsp3) is 1.00. The summed E-state index contributed by atoms with van der Waals surface area (Å²) in [5.41, 5.74) is 0. The van der Waals surface area contributed by atoms with Crippen molar-refractivity contribution in [2.45, 2.75) is 142 Å². The molecule has 0 N–H and O–H groups in total. The van der Waals surface area contributed by atoms with E-state index in [1.807, 2.05) is 0 Å². The van der Waals surface area contributed by atoms with Gasteiger partial charge in [-0.2, -0.15) is 0 Å². The maximum atomic E-state index is 12.0. The molecule has 0 saturated carbocycles. The first kappa shape index (κ1) is 27.5. The highest BCUT2D eigenvalue weighted by Crippen LogP contribution is 2.16. The van der Waals surface area contributed by atoms with Crippen molar-refractivity contribution in [2.24, 2.45) is 0 Å². The second-order valence-electron chi connectivity index (χ2n) is 8.19. The Morgan fingerprint density at radius 3 is 1.22 bits per heavy atom. The SMILES string of the molecule is CCCCCCCCCCCCSS(=O)CCCCCCCCCCCC. The predicted octanol–water partition coefficient (Wildman–Crippen LogP) is 9.23. The number of unbranched alkanes of at least 4 members (excludes halogenated alkanes) is 18. The largest absolute Gasteiger partial charge is 0.248 e. The van der Waals surface area contributed by atoms with Crippen LogP contribution in [0.5, 0.6) is 0 Å². The molecule has 0 aliphatic heterocycles. The molecule has 1 atom stereocenters. The first-order valence-electron chi connectivity index (χ1n) is 12.3. The Hall–Kier alpha value is 0.500. The van der Waals surface area contributed by atoms with E-state index in [-0.39, 0.29) is 0 Å². The van der Waals surface area contributed by atoms with E-state index >= 15 is 0 Å². The summed E-state index contributed by atoms with van der Waals surface area (Å²) < 4.78 is 12.0. The van der Waals surface area contributed by atoms with E-state index in [2.05, 4.69) is 13.8 Å². The molecule has 0 spiro atoms. The van der Waals surface area contributed by atoms with Gasteiger partial charge in [-0.3, -0.25) is 0 Å². The van der Waals surface area contributed by atoms with Gasteiger partial charge in [0.25, 0.3) is 0 Å². The van der Waals surface area contributed by atoms with E-state index in [0.29, 0.717) is 0 Å². The van der Waals surface area contributed by atoms with Crippen molar-refractivity contribution < 1.29 is 4.21 Å². The van der Waals surface area contributed by atoms with Crippen LogP contribution in [0.4, 0.5) is 0 Å². The van der Waals surface area contributed by atoms with Crippen molar-refractivity contribution in [1.29, 1.82) is 0 Å². The number of hydrogen-bond acceptors (Lipinski definition) is 2. The Morgan fingerprint density at radius 1 is 0.481 bits per heavy atom. The summed E-state index contributed by atoms with van der Waals surface area (Å²) in [4.78, 5) is 0. The average Bonchev–Trinajstić information content (AvgIpc) is 2.67. The molecule has 3 heteroatoms. The van der Waals surface area contributed by atoms with Crippen molar-refractivity contribution >= 4 is 20.6 Å². The zero-order chi connectivity index (χ0) is 19.8. The summed E-state index contributed by atoms with van der Waals surface area (Å²) in [7, 11) is 1.08. The Morgan fingerprint density at radius 2 is 0.815 bits per heavy atom. The van der Waals surface area contributed by atoms with Crippen LogP contribution in [0.15, 0.2) is 0 Å². The van der Waals surface area contributed by atoms with Crippen LogP contribution in [0.3, 0.4) is 0 Å². The summed E-state index contributed by atoms with van der Waals surface area (Å²) in [6, 6.07) is 0. The minimum Gasteiger partial charge on any atom is -0.248 e. The lowest BCUT2D eigenvalue weighted by Crippen LogP contribution is -1.94. The summed E-state index contributed by atoms with van der Waals surface area (Å²) in [5, 5.41) is 0. The molecular formula is C24H50OS2. The van der Waals surface area contributed by atoms with Gasteiger partial charge in [-0.1, -0.05) is 140 Å². The predicted molar refractivity (Wildman–Crippen MR) is 129 cm³/mol. The van der Waals surface area contributed by atoms with Crippen LogP contribution >= 0.6 is 10.8 Å². The second kappa shape index (κ2) is 24.5. The molecule has 0 aromatic carbocycles. The Balaban J connectivity index is 3.13. The monoisotopic (exact) mass is 418 g/mol. The third kappa shape index (κ3) is 24.5. The highest BCUT2D eigenvalue weighted by atomic mass is 33.1. The second-order valence-corrected chi connectivity index (χ2v) is 11.7. The number of rotatable bonds is 23. The van der Waals surface area contributed by atoms with E-state index in [4.69, 9.17) is 0 Å². The summed E-state index contributed by atoms with van der Waals surface area (Å²) in [6.07, 6.45) is 27.4. The third-order valence-corrected chi connectivity index (χ3v) is 8.51. The Labute approximate surface area is 178 Å². The molecule has 27 heavy (non-hydrogen) atoms. The van der Waals surface area contributed by atoms with Gasteiger partial charge in [-0.15, -0.1) is 0 Å². The molecule has 0 bridgehead atoms. The molecule has 0 aromatic rings. The lowest BCUT2D eigenvalue weighted by Gasteiger charge is -2.04. The topological polar surface area (TPSA) is 17.1 Å². The van der Waals surface area contributed by atoms with Crippen LogP contribution in [0.25, 0.3) is 0 Å². The molecule has 0 aliphatic carbocycles. The van der Waals surface area contributed by atoms with Crippen LogP contribution in [0, 0.1) is 0 Å². The lowest BCUT2D eigenvalue weighted by atomic mass is 10.1. The zero-order valence-electron chi connectivity index (χ0n) is 18.8. The smallest absolute Gasteiger partial charge is 0.0803 e. The molecule has 0 amide bonds. The first-order chi connectivity index (χ1) is 13.3. The van der Waals surface area contributed by atoms with Gasteiger partial charge in [0.05, 0.1) is 9.83 Å². The molecule has 0 aromatic heterocycles. The molecule has 0 heterocycles. The van der Waals surface area contributed by atoms with Gasteiger partial charge < -0.3 is 0 Å². The van der Waals surface area contributed by atoms with Crippen molar-refractivity contribution in [3.8, 4) is 0 Å². The fourth-order valence-electron chi connectivity index (χ4n) is 3.51. The van der Waals surface area contributed by atoms with Gasteiger partial charge in [-0.05, 0) is 12.8 Å². The molecule has 1 nitrogen and oxygen atoms in total. The van der Waals surface area contributed by atoms with Crippen molar-refractivity contribution in [2.75, 3.05) is 11.5 Å². The molecule has 0 aliphatic rings. The van der Waals surface area contributed by atoms with E-state index in [1.165, 1.54) is 122 Å². The molecule has 0 rings (SSSR count). The van der Waals surface area contributed by atoms with E-state index in [9.17, 15) is 4.21 Å². The van der Waals surface area contributed by atoms with E-state index in [1.54, 1.807) is 10.8 Å². The normalized spacial score (nSPS) is 12.5. The van der Waals surface area contributed by atoms with E-state index < -0.39 is 9.83 Å². The number of hydrogen-bond donors (Lipinski definition) is 0. The highest BCUT2D eigenvalue weighted by Gasteiger charge is 2.01. The maximum Gasteiger partial charge on any atom is 0.0803 e. The standard InChI is InChI=1S/C24H50OS2/c1-3-5-7-9-11-13-15-17-19-21-23-26-27(25)24-22-20-18-16-14-12-10-8-6-4-2/h3-24H2,1-2H3.